The van der Waals surface area contributed by atoms with Gasteiger partial charge in [-0.15, -0.1) is 0 Å². The summed E-state index contributed by atoms with van der Waals surface area (Å²) in [5, 5.41) is 8.57. The molecule has 88 valence electrons. The first-order chi connectivity index (χ1) is 7.56. The number of carboxylic acid groups (broad SMARTS) is 1. The molecule has 0 aliphatic rings. The van der Waals surface area contributed by atoms with E-state index in [1.54, 1.807) is 7.11 Å². The highest BCUT2D eigenvalue weighted by Crippen LogP contribution is 2.32. The van der Waals surface area contributed by atoms with E-state index in [0.29, 0.717) is 6.42 Å². The number of benzene rings is 1. The van der Waals surface area contributed by atoms with E-state index in [-0.39, 0.29) is 6.42 Å². The molecular weight excluding hydrogens is 272 g/mol. The molecule has 0 saturated carbocycles. The van der Waals surface area contributed by atoms with E-state index in [4.69, 9.17) is 9.84 Å². The van der Waals surface area contributed by atoms with Crippen LogP contribution < -0.4 is 4.74 Å². The lowest BCUT2D eigenvalue weighted by molar-refractivity contribution is -0.137. The Morgan fingerprint density at radius 3 is 2.75 bits per heavy atom. The molecule has 4 heteroatoms. The highest BCUT2D eigenvalue weighted by Gasteiger charge is 2.09. The zero-order chi connectivity index (χ0) is 12.1. The fourth-order valence-corrected chi connectivity index (χ4v) is 2.37. The van der Waals surface area contributed by atoms with Crippen LogP contribution in [-0.2, 0) is 11.2 Å². The summed E-state index contributed by atoms with van der Waals surface area (Å²) in [5.41, 5.74) is 2.15. The molecule has 0 saturated heterocycles. The Labute approximate surface area is 104 Å². The minimum atomic E-state index is -0.754. The Kier molecular flexibility index (Phi) is 4.80. The van der Waals surface area contributed by atoms with E-state index in [2.05, 4.69) is 15.9 Å². The molecule has 0 aliphatic heterocycles. The number of carbonyl (C=O) groups is 1. The highest BCUT2D eigenvalue weighted by atomic mass is 79.9. The number of rotatable bonds is 5. The second-order valence-electron chi connectivity index (χ2n) is 3.64. The van der Waals surface area contributed by atoms with Crippen LogP contribution in [0.5, 0.6) is 5.75 Å². The number of ether oxygens (including phenoxy) is 1. The first kappa shape index (κ1) is 13.0. The number of aryl methyl sites for hydroxylation is 2. The number of hydrogen-bond acceptors (Lipinski definition) is 2. The minimum absolute atomic E-state index is 0.197. The van der Waals surface area contributed by atoms with Crippen LogP contribution in [-0.4, -0.2) is 18.2 Å². The van der Waals surface area contributed by atoms with Crippen LogP contribution in [0.15, 0.2) is 16.6 Å². The number of methoxy groups -OCH3 is 1. The molecule has 1 aromatic rings. The second-order valence-corrected chi connectivity index (χ2v) is 4.43. The van der Waals surface area contributed by atoms with Crippen molar-refractivity contribution in [1.82, 2.24) is 0 Å². The fraction of sp³-hybridized carbons (Fsp3) is 0.417. The lowest BCUT2D eigenvalue weighted by Crippen LogP contribution is -1.98. The molecule has 0 atom stereocenters. The van der Waals surface area contributed by atoms with E-state index >= 15 is 0 Å². The van der Waals surface area contributed by atoms with Crippen LogP contribution >= 0.6 is 15.9 Å². The van der Waals surface area contributed by atoms with E-state index in [1.807, 2.05) is 19.1 Å². The maximum Gasteiger partial charge on any atom is 0.303 e. The molecule has 0 amide bonds. The van der Waals surface area contributed by atoms with Gasteiger partial charge in [-0.1, -0.05) is 12.1 Å². The maximum atomic E-state index is 10.4. The molecule has 0 spiro atoms. The monoisotopic (exact) mass is 286 g/mol. The molecule has 0 aliphatic carbocycles. The topological polar surface area (TPSA) is 46.5 Å². The van der Waals surface area contributed by atoms with Gasteiger partial charge in [-0.2, -0.15) is 0 Å². The van der Waals surface area contributed by atoms with Gasteiger partial charge in [0.15, 0.2) is 0 Å². The van der Waals surface area contributed by atoms with Crippen LogP contribution in [0.25, 0.3) is 0 Å². The Balaban J connectivity index is 2.77. The third kappa shape index (κ3) is 3.23. The lowest BCUT2D eigenvalue weighted by Gasteiger charge is -2.11. The first-order valence-corrected chi connectivity index (χ1v) is 5.89. The summed E-state index contributed by atoms with van der Waals surface area (Å²) < 4.78 is 6.21. The van der Waals surface area contributed by atoms with Crippen LogP contribution in [0.3, 0.4) is 0 Å². The van der Waals surface area contributed by atoms with E-state index in [0.717, 1.165) is 27.8 Å². The third-order valence-electron chi connectivity index (χ3n) is 2.41. The largest absolute Gasteiger partial charge is 0.495 e. The Hall–Kier alpha value is -1.03. The normalized spacial score (nSPS) is 10.2. The van der Waals surface area contributed by atoms with Gasteiger partial charge in [0.2, 0.25) is 0 Å². The van der Waals surface area contributed by atoms with Gasteiger partial charge in [0, 0.05) is 6.42 Å². The average Bonchev–Trinajstić information content (AvgIpc) is 2.22. The number of aliphatic carboxylic acids is 1. The van der Waals surface area contributed by atoms with Crippen molar-refractivity contribution in [3.05, 3.63) is 27.7 Å². The minimum Gasteiger partial charge on any atom is -0.495 e. The molecule has 0 unspecified atom stereocenters. The Bertz CT molecular complexity index is 388. The van der Waals surface area contributed by atoms with Crippen molar-refractivity contribution in [1.29, 1.82) is 0 Å². The summed E-state index contributed by atoms with van der Waals surface area (Å²) >= 11 is 3.49. The second kappa shape index (κ2) is 5.89. The summed E-state index contributed by atoms with van der Waals surface area (Å²) in [4.78, 5) is 10.4. The fourth-order valence-electron chi connectivity index (χ4n) is 1.57. The number of carboxylic acids is 1. The predicted molar refractivity (Wildman–Crippen MR) is 66.0 cm³/mol. The van der Waals surface area contributed by atoms with E-state index in [9.17, 15) is 4.79 Å². The van der Waals surface area contributed by atoms with Gasteiger partial charge in [-0.25, -0.2) is 0 Å². The van der Waals surface area contributed by atoms with Crippen molar-refractivity contribution in [3.8, 4) is 5.75 Å². The number of hydrogen-bond donors (Lipinski definition) is 1. The van der Waals surface area contributed by atoms with Crippen LogP contribution in [0.1, 0.15) is 24.0 Å². The summed E-state index contributed by atoms with van der Waals surface area (Å²) in [7, 11) is 1.63. The summed E-state index contributed by atoms with van der Waals surface area (Å²) in [6.45, 7) is 1.98. The lowest BCUT2D eigenvalue weighted by atomic mass is 10.1. The smallest absolute Gasteiger partial charge is 0.303 e. The molecule has 0 aromatic heterocycles. The van der Waals surface area contributed by atoms with Gasteiger partial charge in [0.25, 0.3) is 0 Å². The van der Waals surface area contributed by atoms with Crippen molar-refractivity contribution in [2.75, 3.05) is 7.11 Å². The standard InChI is InChI=1S/C12H15BrO3/c1-8-6-7-9(4-3-5-10(14)15)11(13)12(8)16-2/h6-7H,3-5H2,1-2H3,(H,14,15). The molecule has 0 fully saturated rings. The summed E-state index contributed by atoms with van der Waals surface area (Å²) in [6.07, 6.45) is 1.58. The quantitative estimate of drug-likeness (QED) is 0.904. The molecule has 1 N–H and O–H groups in total. The molecule has 0 bridgehead atoms. The third-order valence-corrected chi connectivity index (χ3v) is 3.28. The van der Waals surface area contributed by atoms with Crippen LogP contribution in [0.4, 0.5) is 0 Å². The highest BCUT2D eigenvalue weighted by molar-refractivity contribution is 9.10. The molecule has 16 heavy (non-hydrogen) atoms. The predicted octanol–water partition coefficient (Wildman–Crippen LogP) is 3.17. The zero-order valence-electron chi connectivity index (χ0n) is 9.42. The molecule has 0 radical (unpaired) electrons. The van der Waals surface area contributed by atoms with Crippen LogP contribution in [0, 0.1) is 6.92 Å². The molecule has 1 aromatic carbocycles. The molecule has 1 rings (SSSR count). The van der Waals surface area contributed by atoms with Gasteiger partial charge in [-0.3, -0.25) is 4.79 Å². The SMILES string of the molecule is COc1c(C)ccc(CCCC(=O)O)c1Br. The first-order valence-electron chi connectivity index (χ1n) is 5.10. The van der Waals surface area contributed by atoms with E-state index in [1.165, 1.54) is 0 Å². The number of halogens is 1. The summed E-state index contributed by atoms with van der Waals surface area (Å²) in [5.74, 6) is 0.0722. The van der Waals surface area contributed by atoms with Crippen molar-refractivity contribution < 1.29 is 14.6 Å². The van der Waals surface area contributed by atoms with Gasteiger partial charge >= 0.3 is 5.97 Å². The molecule has 3 nitrogen and oxygen atoms in total. The Morgan fingerprint density at radius 2 is 2.19 bits per heavy atom. The van der Waals surface area contributed by atoms with Gasteiger partial charge < -0.3 is 9.84 Å². The van der Waals surface area contributed by atoms with Gasteiger partial charge in [0.05, 0.1) is 11.6 Å². The zero-order valence-corrected chi connectivity index (χ0v) is 11.0. The van der Waals surface area contributed by atoms with Crippen molar-refractivity contribution in [3.63, 3.8) is 0 Å². The van der Waals surface area contributed by atoms with Gasteiger partial charge in [-0.05, 0) is 46.8 Å². The maximum absolute atomic E-state index is 10.4. The van der Waals surface area contributed by atoms with Crippen molar-refractivity contribution in [2.45, 2.75) is 26.2 Å². The summed E-state index contributed by atoms with van der Waals surface area (Å²) in [6, 6.07) is 3.99. The average molecular weight is 287 g/mol. The molecule has 0 heterocycles. The molecular formula is C12H15BrO3. The van der Waals surface area contributed by atoms with Crippen molar-refractivity contribution in [2.24, 2.45) is 0 Å². The Morgan fingerprint density at radius 1 is 1.50 bits per heavy atom. The van der Waals surface area contributed by atoms with Crippen LogP contribution in [0.2, 0.25) is 0 Å². The van der Waals surface area contributed by atoms with Gasteiger partial charge in [0.1, 0.15) is 5.75 Å². The van der Waals surface area contributed by atoms with E-state index < -0.39 is 5.97 Å². The van der Waals surface area contributed by atoms with Crippen molar-refractivity contribution >= 4 is 21.9 Å².